The van der Waals surface area contributed by atoms with Gasteiger partial charge in [-0.15, -0.1) is 0 Å². The van der Waals surface area contributed by atoms with E-state index in [0.29, 0.717) is 5.92 Å². The van der Waals surface area contributed by atoms with E-state index < -0.39 is 0 Å². The molecule has 0 bridgehead atoms. The second-order valence-electron chi connectivity index (χ2n) is 8.40. The summed E-state index contributed by atoms with van der Waals surface area (Å²) in [5.74, 6) is 0.476. The zero-order chi connectivity index (χ0) is 19.1. The van der Waals surface area contributed by atoms with Gasteiger partial charge in [0, 0.05) is 5.56 Å². The van der Waals surface area contributed by atoms with Gasteiger partial charge in [-0.2, -0.15) is 5.10 Å². The second-order valence-corrected chi connectivity index (χ2v) is 8.40. The molecule has 0 radical (unpaired) electrons. The van der Waals surface area contributed by atoms with Gasteiger partial charge in [0.1, 0.15) is 0 Å². The molecule has 0 atom stereocenters. The van der Waals surface area contributed by atoms with Crippen molar-refractivity contribution in [2.24, 2.45) is 0 Å². The van der Waals surface area contributed by atoms with Crippen molar-refractivity contribution in [3.63, 3.8) is 0 Å². The summed E-state index contributed by atoms with van der Waals surface area (Å²) in [6.45, 7) is 11.2. The minimum Gasteiger partial charge on any atom is -0.233 e. The summed E-state index contributed by atoms with van der Waals surface area (Å²) in [6, 6.07) is 11.4. The molecular weight excluding hydrogens is 328 g/mol. The molecule has 140 valence electrons. The van der Waals surface area contributed by atoms with Gasteiger partial charge in [-0.25, -0.2) is 4.68 Å². The first kappa shape index (κ1) is 18.0. The summed E-state index contributed by atoms with van der Waals surface area (Å²) in [5.41, 5.74) is 12.3. The Morgan fingerprint density at radius 2 is 1.63 bits per heavy atom. The van der Waals surface area contributed by atoms with Crippen LogP contribution in [0.4, 0.5) is 0 Å². The Kier molecular flexibility index (Phi) is 4.67. The molecule has 4 rings (SSSR count). The number of nitrogens with zero attached hydrogens (tertiary/aromatic N) is 2. The van der Waals surface area contributed by atoms with Crippen molar-refractivity contribution in [3.05, 3.63) is 69.9 Å². The van der Waals surface area contributed by atoms with Crippen LogP contribution in [0, 0.1) is 20.8 Å². The molecule has 0 amide bonds. The fraction of sp³-hybridized carbons (Fsp3) is 0.400. The van der Waals surface area contributed by atoms with Crippen LogP contribution < -0.4 is 0 Å². The highest BCUT2D eigenvalue weighted by Crippen LogP contribution is 2.37. The predicted octanol–water partition coefficient (Wildman–Crippen LogP) is 6.47. The summed E-state index contributed by atoms with van der Waals surface area (Å²) >= 11 is 0. The Labute approximate surface area is 163 Å². The van der Waals surface area contributed by atoms with Gasteiger partial charge < -0.3 is 0 Å². The van der Waals surface area contributed by atoms with Crippen molar-refractivity contribution in [1.82, 2.24) is 9.78 Å². The molecule has 0 saturated carbocycles. The van der Waals surface area contributed by atoms with Crippen LogP contribution in [-0.2, 0) is 12.8 Å². The number of fused-ring (bicyclic) bond motifs is 1. The highest BCUT2D eigenvalue weighted by molar-refractivity contribution is 5.71. The largest absolute Gasteiger partial charge is 0.233 e. The highest BCUT2D eigenvalue weighted by atomic mass is 15.3. The van der Waals surface area contributed by atoms with Gasteiger partial charge in [-0.05, 0) is 86.3 Å². The molecule has 27 heavy (non-hydrogen) atoms. The average molecular weight is 359 g/mol. The number of hydrogen-bond donors (Lipinski definition) is 0. The molecule has 2 heteroatoms. The fourth-order valence-electron chi connectivity index (χ4n) is 4.80. The molecule has 0 aliphatic heterocycles. The Hall–Kier alpha value is -2.35. The van der Waals surface area contributed by atoms with Crippen molar-refractivity contribution in [3.8, 4) is 16.9 Å². The minimum absolute atomic E-state index is 0.476. The number of benzene rings is 2. The van der Waals surface area contributed by atoms with Gasteiger partial charge >= 0.3 is 0 Å². The van der Waals surface area contributed by atoms with Gasteiger partial charge in [0.2, 0.25) is 0 Å². The predicted molar refractivity (Wildman–Crippen MR) is 114 cm³/mol. The second kappa shape index (κ2) is 6.99. The average Bonchev–Trinajstić information content (AvgIpc) is 3.08. The van der Waals surface area contributed by atoms with E-state index in [9.17, 15) is 0 Å². The van der Waals surface area contributed by atoms with E-state index in [1.54, 1.807) is 0 Å². The highest BCUT2D eigenvalue weighted by Gasteiger charge is 2.22. The van der Waals surface area contributed by atoms with Crippen molar-refractivity contribution < 1.29 is 0 Å². The van der Waals surface area contributed by atoms with Gasteiger partial charge in [-0.1, -0.05) is 43.7 Å². The Bertz CT molecular complexity index is 969. The maximum absolute atomic E-state index is 4.84. The van der Waals surface area contributed by atoms with Gasteiger partial charge in [0.25, 0.3) is 0 Å². The monoisotopic (exact) mass is 358 g/mol. The third kappa shape index (κ3) is 3.12. The van der Waals surface area contributed by atoms with Crippen LogP contribution in [0.15, 0.2) is 36.5 Å². The molecule has 0 fully saturated rings. The third-order valence-electron chi connectivity index (χ3n) is 5.94. The van der Waals surface area contributed by atoms with Crippen LogP contribution in [0.25, 0.3) is 16.9 Å². The van der Waals surface area contributed by atoms with Crippen LogP contribution in [-0.4, -0.2) is 9.78 Å². The molecule has 1 aromatic heterocycles. The number of aryl methyl sites for hydroxylation is 4. The van der Waals surface area contributed by atoms with Crippen LogP contribution in [0.2, 0.25) is 0 Å². The van der Waals surface area contributed by atoms with Crippen LogP contribution in [0.1, 0.15) is 66.0 Å². The molecule has 0 spiro atoms. The van der Waals surface area contributed by atoms with E-state index in [1.807, 2.05) is 6.20 Å². The smallest absolute Gasteiger partial charge is 0.0746 e. The van der Waals surface area contributed by atoms with E-state index in [-0.39, 0.29) is 0 Å². The van der Waals surface area contributed by atoms with Crippen molar-refractivity contribution in [1.29, 1.82) is 0 Å². The quantitative estimate of drug-likeness (QED) is 0.525. The SMILES string of the molecule is Cc1cc(C)c(-c2ccnn2-c2c(C(C)C)ccc3c2CCCC3)c(C)c1. The van der Waals surface area contributed by atoms with Crippen LogP contribution >= 0.6 is 0 Å². The lowest BCUT2D eigenvalue weighted by molar-refractivity contribution is 0.671. The third-order valence-corrected chi connectivity index (χ3v) is 5.94. The maximum atomic E-state index is 4.84. The molecule has 3 aromatic rings. The van der Waals surface area contributed by atoms with Gasteiger partial charge in [0.15, 0.2) is 0 Å². The summed E-state index contributed by atoms with van der Waals surface area (Å²) in [6.07, 6.45) is 6.90. The minimum atomic E-state index is 0.476. The van der Waals surface area contributed by atoms with E-state index >= 15 is 0 Å². The van der Waals surface area contributed by atoms with E-state index in [4.69, 9.17) is 5.10 Å². The molecule has 1 aliphatic rings. The van der Waals surface area contributed by atoms with Crippen molar-refractivity contribution in [2.75, 3.05) is 0 Å². The fourth-order valence-corrected chi connectivity index (χ4v) is 4.80. The zero-order valence-corrected chi connectivity index (χ0v) is 17.3. The Morgan fingerprint density at radius 3 is 2.33 bits per heavy atom. The summed E-state index contributed by atoms with van der Waals surface area (Å²) in [5, 5.41) is 4.84. The summed E-state index contributed by atoms with van der Waals surface area (Å²) in [4.78, 5) is 0. The first-order chi connectivity index (χ1) is 13.0. The molecule has 2 nitrogen and oxygen atoms in total. The first-order valence-corrected chi connectivity index (χ1v) is 10.2. The standard InChI is InChI=1S/C25H30N2/c1-16(2)21-11-10-20-8-6-7-9-22(20)25(21)27-23(12-13-26-27)24-18(4)14-17(3)15-19(24)5/h10-16H,6-9H2,1-5H3. The van der Waals surface area contributed by atoms with Gasteiger partial charge in [-0.3, -0.25) is 0 Å². The lowest BCUT2D eigenvalue weighted by Crippen LogP contribution is -2.14. The Morgan fingerprint density at radius 1 is 0.926 bits per heavy atom. The van der Waals surface area contributed by atoms with Crippen LogP contribution in [0.5, 0.6) is 0 Å². The normalized spacial score (nSPS) is 13.9. The molecule has 0 saturated heterocycles. The molecule has 0 N–H and O–H groups in total. The van der Waals surface area contributed by atoms with E-state index in [2.05, 4.69) is 69.6 Å². The topological polar surface area (TPSA) is 17.8 Å². The van der Waals surface area contributed by atoms with Crippen molar-refractivity contribution >= 4 is 0 Å². The molecule has 1 aliphatic carbocycles. The number of aromatic nitrogens is 2. The van der Waals surface area contributed by atoms with Gasteiger partial charge in [0.05, 0.1) is 17.6 Å². The van der Waals surface area contributed by atoms with E-state index in [0.717, 1.165) is 6.42 Å². The number of hydrogen-bond acceptors (Lipinski definition) is 1. The summed E-state index contributed by atoms with van der Waals surface area (Å²) < 4.78 is 2.23. The lowest BCUT2D eigenvalue weighted by Gasteiger charge is -2.25. The maximum Gasteiger partial charge on any atom is 0.0746 e. The van der Waals surface area contributed by atoms with Crippen molar-refractivity contribution in [2.45, 2.75) is 66.2 Å². The first-order valence-electron chi connectivity index (χ1n) is 10.2. The zero-order valence-electron chi connectivity index (χ0n) is 17.3. The van der Waals surface area contributed by atoms with Crippen LogP contribution in [0.3, 0.4) is 0 Å². The molecular formula is C25H30N2. The lowest BCUT2D eigenvalue weighted by atomic mass is 9.86. The Balaban J connectivity index is 1.99. The number of rotatable bonds is 3. The summed E-state index contributed by atoms with van der Waals surface area (Å²) in [7, 11) is 0. The molecule has 0 unspecified atom stereocenters. The molecule has 1 heterocycles. The van der Waals surface area contributed by atoms with E-state index in [1.165, 1.54) is 69.6 Å². The molecule has 2 aromatic carbocycles.